The van der Waals surface area contributed by atoms with Gasteiger partial charge in [-0.15, -0.1) is 11.3 Å². The predicted octanol–water partition coefficient (Wildman–Crippen LogP) is 3.88. The standard InChI is InChI=1S/C13H18BrN3OS/c1-3-6-15-9(2)4-5-12-16-13(17-18-12)11-7-10(14)8-19-11/h7-9,15H,3-6H2,1-2H3. The van der Waals surface area contributed by atoms with Gasteiger partial charge in [0.2, 0.25) is 11.7 Å². The van der Waals surface area contributed by atoms with E-state index < -0.39 is 0 Å². The lowest BCUT2D eigenvalue weighted by molar-refractivity contribution is 0.367. The number of nitrogens with one attached hydrogen (secondary N) is 1. The van der Waals surface area contributed by atoms with Gasteiger partial charge in [0.05, 0.1) is 4.88 Å². The van der Waals surface area contributed by atoms with Crippen molar-refractivity contribution < 1.29 is 4.52 Å². The van der Waals surface area contributed by atoms with Crippen LogP contribution in [0.25, 0.3) is 10.7 Å². The van der Waals surface area contributed by atoms with Gasteiger partial charge in [-0.25, -0.2) is 0 Å². The number of hydrogen-bond donors (Lipinski definition) is 1. The van der Waals surface area contributed by atoms with Crippen LogP contribution in [0.3, 0.4) is 0 Å². The monoisotopic (exact) mass is 343 g/mol. The van der Waals surface area contributed by atoms with Crippen molar-refractivity contribution in [1.29, 1.82) is 0 Å². The fourth-order valence-corrected chi connectivity index (χ4v) is 3.07. The fourth-order valence-electron chi connectivity index (χ4n) is 1.72. The highest BCUT2D eigenvalue weighted by molar-refractivity contribution is 9.10. The molecule has 0 spiro atoms. The van der Waals surface area contributed by atoms with Gasteiger partial charge in [-0.3, -0.25) is 0 Å². The first-order valence-corrected chi connectivity index (χ1v) is 8.16. The molecule has 104 valence electrons. The molecule has 0 aliphatic heterocycles. The Balaban J connectivity index is 1.87. The molecule has 1 N–H and O–H groups in total. The zero-order valence-electron chi connectivity index (χ0n) is 11.1. The van der Waals surface area contributed by atoms with Crippen molar-refractivity contribution in [2.75, 3.05) is 6.54 Å². The molecule has 0 saturated heterocycles. The van der Waals surface area contributed by atoms with Gasteiger partial charge in [0.25, 0.3) is 0 Å². The number of halogens is 1. The van der Waals surface area contributed by atoms with E-state index in [0.717, 1.165) is 35.2 Å². The summed E-state index contributed by atoms with van der Waals surface area (Å²) in [6.07, 6.45) is 2.98. The molecule has 0 aliphatic rings. The molecule has 0 aromatic carbocycles. The average molecular weight is 344 g/mol. The van der Waals surface area contributed by atoms with E-state index in [1.54, 1.807) is 11.3 Å². The topological polar surface area (TPSA) is 51.0 Å². The van der Waals surface area contributed by atoms with Gasteiger partial charge in [0.15, 0.2) is 0 Å². The summed E-state index contributed by atoms with van der Waals surface area (Å²) in [5.74, 6) is 1.39. The Bertz CT molecular complexity index is 511. The third-order valence-corrected chi connectivity index (χ3v) is 4.48. The molecule has 2 aromatic rings. The maximum absolute atomic E-state index is 5.29. The minimum Gasteiger partial charge on any atom is -0.339 e. The highest BCUT2D eigenvalue weighted by atomic mass is 79.9. The predicted molar refractivity (Wildman–Crippen MR) is 81.4 cm³/mol. The lowest BCUT2D eigenvalue weighted by Crippen LogP contribution is -2.27. The van der Waals surface area contributed by atoms with Crippen molar-refractivity contribution in [2.24, 2.45) is 0 Å². The molecule has 2 rings (SSSR count). The molecular formula is C13H18BrN3OS. The van der Waals surface area contributed by atoms with Gasteiger partial charge in [-0.05, 0) is 48.3 Å². The Kier molecular flexibility index (Phi) is 5.54. The van der Waals surface area contributed by atoms with Crippen molar-refractivity contribution >= 4 is 27.3 Å². The lowest BCUT2D eigenvalue weighted by atomic mass is 10.2. The summed E-state index contributed by atoms with van der Waals surface area (Å²) in [4.78, 5) is 5.46. The second kappa shape index (κ2) is 7.17. The molecule has 0 amide bonds. The molecule has 0 aliphatic carbocycles. The van der Waals surface area contributed by atoms with Gasteiger partial charge >= 0.3 is 0 Å². The number of nitrogens with zero attached hydrogens (tertiary/aromatic N) is 2. The van der Waals surface area contributed by atoms with Crippen molar-refractivity contribution in [3.8, 4) is 10.7 Å². The summed E-state index contributed by atoms with van der Waals surface area (Å²) >= 11 is 5.03. The Hall–Kier alpha value is -0.720. The third-order valence-electron chi connectivity index (χ3n) is 2.79. The molecule has 0 bridgehead atoms. The lowest BCUT2D eigenvalue weighted by Gasteiger charge is -2.10. The second-order valence-electron chi connectivity index (χ2n) is 4.53. The van der Waals surface area contributed by atoms with Gasteiger partial charge in [-0.1, -0.05) is 12.1 Å². The van der Waals surface area contributed by atoms with E-state index in [1.165, 1.54) is 0 Å². The van der Waals surface area contributed by atoms with Crippen molar-refractivity contribution in [3.63, 3.8) is 0 Å². The molecular weight excluding hydrogens is 326 g/mol. The van der Waals surface area contributed by atoms with Crippen LogP contribution in [0.5, 0.6) is 0 Å². The van der Waals surface area contributed by atoms with Crippen molar-refractivity contribution in [1.82, 2.24) is 15.5 Å². The summed E-state index contributed by atoms with van der Waals surface area (Å²) in [5, 5.41) is 9.49. The molecule has 0 radical (unpaired) electrons. The van der Waals surface area contributed by atoms with Gasteiger partial charge in [0, 0.05) is 22.3 Å². The van der Waals surface area contributed by atoms with Crippen LogP contribution in [-0.2, 0) is 6.42 Å². The summed E-state index contributed by atoms with van der Waals surface area (Å²) in [6, 6.07) is 2.48. The highest BCUT2D eigenvalue weighted by Gasteiger charge is 2.11. The first-order chi connectivity index (χ1) is 9.19. The molecule has 1 atom stereocenters. The van der Waals surface area contributed by atoms with E-state index in [0.29, 0.717) is 17.8 Å². The van der Waals surface area contributed by atoms with Crippen LogP contribution in [0.2, 0.25) is 0 Å². The number of aryl methyl sites for hydroxylation is 1. The van der Waals surface area contributed by atoms with E-state index in [2.05, 4.69) is 45.2 Å². The summed E-state index contributed by atoms with van der Waals surface area (Å²) in [6.45, 7) is 5.41. The summed E-state index contributed by atoms with van der Waals surface area (Å²) in [7, 11) is 0. The van der Waals surface area contributed by atoms with Gasteiger partial charge in [0.1, 0.15) is 0 Å². The van der Waals surface area contributed by atoms with Crippen LogP contribution in [0.15, 0.2) is 20.4 Å². The van der Waals surface area contributed by atoms with E-state index in [1.807, 2.05) is 11.4 Å². The van der Waals surface area contributed by atoms with E-state index in [9.17, 15) is 0 Å². The highest BCUT2D eigenvalue weighted by Crippen LogP contribution is 2.27. The van der Waals surface area contributed by atoms with Crippen LogP contribution >= 0.6 is 27.3 Å². The summed E-state index contributed by atoms with van der Waals surface area (Å²) < 4.78 is 6.34. The fraction of sp³-hybridized carbons (Fsp3) is 0.538. The van der Waals surface area contributed by atoms with Crippen LogP contribution < -0.4 is 5.32 Å². The number of rotatable bonds is 7. The number of thiophene rings is 1. The smallest absolute Gasteiger partial charge is 0.227 e. The maximum atomic E-state index is 5.29. The maximum Gasteiger partial charge on any atom is 0.227 e. The van der Waals surface area contributed by atoms with Crippen LogP contribution in [0, 0.1) is 0 Å². The first kappa shape index (κ1) is 14.7. The first-order valence-electron chi connectivity index (χ1n) is 6.49. The Labute approximate surface area is 125 Å². The second-order valence-corrected chi connectivity index (χ2v) is 6.36. The molecule has 2 aromatic heterocycles. The Morgan fingerprint density at radius 1 is 1.53 bits per heavy atom. The molecule has 0 fully saturated rings. The van der Waals surface area contributed by atoms with Crippen LogP contribution in [0.1, 0.15) is 32.6 Å². The SMILES string of the molecule is CCCNC(C)CCc1nc(-c2cc(Br)cs2)no1. The largest absolute Gasteiger partial charge is 0.339 e. The quantitative estimate of drug-likeness (QED) is 0.828. The van der Waals surface area contributed by atoms with E-state index in [-0.39, 0.29) is 0 Å². The van der Waals surface area contributed by atoms with Crippen LogP contribution in [0.4, 0.5) is 0 Å². The Morgan fingerprint density at radius 3 is 3.05 bits per heavy atom. The molecule has 6 heteroatoms. The molecule has 2 heterocycles. The molecule has 19 heavy (non-hydrogen) atoms. The minimum absolute atomic E-state index is 0.478. The van der Waals surface area contributed by atoms with Crippen LogP contribution in [-0.4, -0.2) is 22.7 Å². The zero-order valence-corrected chi connectivity index (χ0v) is 13.6. The van der Waals surface area contributed by atoms with Gasteiger partial charge < -0.3 is 9.84 Å². The van der Waals surface area contributed by atoms with Gasteiger partial charge in [-0.2, -0.15) is 4.98 Å². The van der Waals surface area contributed by atoms with Crippen molar-refractivity contribution in [2.45, 2.75) is 39.2 Å². The molecule has 1 unspecified atom stereocenters. The Morgan fingerprint density at radius 2 is 2.37 bits per heavy atom. The zero-order chi connectivity index (χ0) is 13.7. The minimum atomic E-state index is 0.478. The van der Waals surface area contributed by atoms with E-state index in [4.69, 9.17) is 4.52 Å². The van der Waals surface area contributed by atoms with E-state index >= 15 is 0 Å². The number of aromatic nitrogens is 2. The molecule has 0 saturated carbocycles. The average Bonchev–Trinajstić information content (AvgIpc) is 3.02. The molecule has 4 nitrogen and oxygen atoms in total. The normalized spacial score (nSPS) is 12.8. The number of hydrogen-bond acceptors (Lipinski definition) is 5. The third kappa shape index (κ3) is 4.40. The van der Waals surface area contributed by atoms with Crippen molar-refractivity contribution in [3.05, 3.63) is 21.8 Å². The summed E-state index contributed by atoms with van der Waals surface area (Å²) in [5.41, 5.74) is 0.